The van der Waals surface area contributed by atoms with Crippen molar-refractivity contribution in [3.8, 4) is 5.75 Å². The van der Waals surface area contributed by atoms with E-state index in [2.05, 4.69) is 0 Å². The van der Waals surface area contributed by atoms with Gasteiger partial charge in [-0.25, -0.2) is 0 Å². The van der Waals surface area contributed by atoms with Gasteiger partial charge in [0.15, 0.2) is 5.75 Å². The zero-order valence-electron chi connectivity index (χ0n) is 10.7. The van der Waals surface area contributed by atoms with Crippen LogP contribution < -0.4 is 16.2 Å². The van der Waals surface area contributed by atoms with Crippen molar-refractivity contribution >= 4 is 11.6 Å². The van der Waals surface area contributed by atoms with Crippen LogP contribution in [-0.4, -0.2) is 5.91 Å². The Morgan fingerprint density at radius 2 is 1.95 bits per heavy atom. The highest BCUT2D eigenvalue weighted by Crippen LogP contribution is 2.26. The van der Waals surface area contributed by atoms with Gasteiger partial charge in [-0.2, -0.15) is 0 Å². The van der Waals surface area contributed by atoms with E-state index in [4.69, 9.17) is 16.2 Å². The largest absolute Gasteiger partial charge is 0.486 e. The standard InChI is InChI=1S/C15H16N2O2/c1-10-4-2-5-11(8-10)9-19-14-12(15(17)18)6-3-7-13(14)16/h2-8H,9,16H2,1H3,(H2,17,18). The summed E-state index contributed by atoms with van der Waals surface area (Å²) in [4.78, 5) is 11.3. The van der Waals surface area contributed by atoms with E-state index in [0.29, 0.717) is 23.6 Å². The number of benzene rings is 2. The fourth-order valence-electron chi connectivity index (χ4n) is 1.87. The molecule has 0 unspecified atom stereocenters. The molecule has 2 rings (SSSR count). The maximum Gasteiger partial charge on any atom is 0.252 e. The van der Waals surface area contributed by atoms with Crippen LogP contribution >= 0.6 is 0 Å². The monoisotopic (exact) mass is 256 g/mol. The normalized spacial score (nSPS) is 10.2. The van der Waals surface area contributed by atoms with Gasteiger partial charge in [-0.05, 0) is 24.6 Å². The molecule has 0 radical (unpaired) electrons. The molecule has 0 fully saturated rings. The SMILES string of the molecule is Cc1cccc(COc2c(N)cccc2C(N)=O)c1. The van der Waals surface area contributed by atoms with Crippen molar-refractivity contribution in [3.63, 3.8) is 0 Å². The van der Waals surface area contributed by atoms with Gasteiger partial charge in [0.05, 0.1) is 11.3 Å². The molecule has 1 amide bonds. The lowest BCUT2D eigenvalue weighted by Crippen LogP contribution is -2.14. The Hall–Kier alpha value is -2.49. The number of amides is 1. The van der Waals surface area contributed by atoms with Crippen LogP contribution in [0, 0.1) is 6.92 Å². The second-order valence-corrected chi connectivity index (χ2v) is 4.37. The molecule has 19 heavy (non-hydrogen) atoms. The summed E-state index contributed by atoms with van der Waals surface area (Å²) in [5.74, 6) is -0.206. The van der Waals surface area contributed by atoms with E-state index in [1.807, 2.05) is 31.2 Å². The topological polar surface area (TPSA) is 78.3 Å². The number of nitrogen functional groups attached to an aromatic ring is 1. The number of para-hydroxylation sites is 1. The second kappa shape index (κ2) is 5.44. The van der Waals surface area contributed by atoms with Crippen molar-refractivity contribution in [2.24, 2.45) is 5.73 Å². The number of carbonyl (C=O) groups excluding carboxylic acids is 1. The molecule has 0 bridgehead atoms. The number of carbonyl (C=O) groups is 1. The van der Waals surface area contributed by atoms with Crippen molar-refractivity contribution in [2.75, 3.05) is 5.73 Å². The van der Waals surface area contributed by atoms with Gasteiger partial charge in [0.25, 0.3) is 5.91 Å². The predicted octanol–water partition coefficient (Wildman–Crippen LogP) is 2.26. The molecule has 4 N–H and O–H groups in total. The van der Waals surface area contributed by atoms with Gasteiger partial charge in [0.2, 0.25) is 0 Å². The summed E-state index contributed by atoms with van der Waals surface area (Å²) in [6.45, 7) is 2.35. The highest BCUT2D eigenvalue weighted by atomic mass is 16.5. The van der Waals surface area contributed by atoms with Crippen molar-refractivity contribution in [2.45, 2.75) is 13.5 Å². The Bertz CT molecular complexity index is 609. The number of aryl methyl sites for hydroxylation is 1. The zero-order valence-corrected chi connectivity index (χ0v) is 10.7. The summed E-state index contributed by atoms with van der Waals surface area (Å²) in [6.07, 6.45) is 0. The quantitative estimate of drug-likeness (QED) is 0.823. The molecule has 0 aliphatic rings. The van der Waals surface area contributed by atoms with E-state index in [1.54, 1.807) is 18.2 Å². The first-order valence-corrected chi connectivity index (χ1v) is 5.94. The van der Waals surface area contributed by atoms with Gasteiger partial charge in [0, 0.05) is 0 Å². The van der Waals surface area contributed by atoms with Crippen LogP contribution in [0.5, 0.6) is 5.75 Å². The molecule has 4 nitrogen and oxygen atoms in total. The number of hydrogen-bond donors (Lipinski definition) is 2. The molecule has 0 aromatic heterocycles. The highest BCUT2D eigenvalue weighted by Gasteiger charge is 2.12. The minimum atomic E-state index is -0.549. The lowest BCUT2D eigenvalue weighted by Gasteiger charge is -2.12. The fourth-order valence-corrected chi connectivity index (χ4v) is 1.87. The summed E-state index contributed by atoms with van der Waals surface area (Å²) in [5.41, 5.74) is 14.0. The minimum absolute atomic E-state index is 0.299. The molecule has 0 saturated carbocycles. The van der Waals surface area contributed by atoms with Gasteiger partial charge in [-0.1, -0.05) is 35.9 Å². The third-order valence-electron chi connectivity index (χ3n) is 2.78. The van der Waals surface area contributed by atoms with E-state index >= 15 is 0 Å². The molecule has 4 heteroatoms. The maximum absolute atomic E-state index is 11.3. The highest BCUT2D eigenvalue weighted by molar-refractivity contribution is 5.97. The number of primary amides is 1. The van der Waals surface area contributed by atoms with E-state index in [-0.39, 0.29) is 0 Å². The van der Waals surface area contributed by atoms with Crippen LogP contribution in [0.25, 0.3) is 0 Å². The van der Waals surface area contributed by atoms with Crippen molar-refractivity contribution in [3.05, 3.63) is 59.2 Å². The van der Waals surface area contributed by atoms with E-state index in [1.165, 1.54) is 0 Å². The number of rotatable bonds is 4. The van der Waals surface area contributed by atoms with Gasteiger partial charge < -0.3 is 16.2 Å². The van der Waals surface area contributed by atoms with Gasteiger partial charge in [0.1, 0.15) is 6.61 Å². The molecule has 0 aliphatic carbocycles. The molecule has 0 heterocycles. The average molecular weight is 256 g/mol. The molecule has 0 saturated heterocycles. The van der Waals surface area contributed by atoms with E-state index < -0.39 is 5.91 Å². The van der Waals surface area contributed by atoms with Crippen LogP contribution in [0.15, 0.2) is 42.5 Å². The maximum atomic E-state index is 11.3. The molecule has 0 atom stereocenters. The van der Waals surface area contributed by atoms with Crippen LogP contribution in [0.1, 0.15) is 21.5 Å². The fraction of sp³-hybridized carbons (Fsp3) is 0.133. The summed E-state index contributed by atoms with van der Waals surface area (Å²) in [7, 11) is 0. The number of anilines is 1. The van der Waals surface area contributed by atoms with Crippen molar-refractivity contribution < 1.29 is 9.53 Å². The summed E-state index contributed by atoms with van der Waals surface area (Å²) in [5, 5.41) is 0. The summed E-state index contributed by atoms with van der Waals surface area (Å²) in [6, 6.07) is 12.9. The Morgan fingerprint density at radius 3 is 2.63 bits per heavy atom. The number of hydrogen-bond acceptors (Lipinski definition) is 3. The zero-order chi connectivity index (χ0) is 13.8. The Morgan fingerprint density at radius 1 is 1.21 bits per heavy atom. The predicted molar refractivity (Wildman–Crippen MR) is 74.9 cm³/mol. The Labute approximate surface area is 112 Å². The second-order valence-electron chi connectivity index (χ2n) is 4.37. The molecule has 98 valence electrons. The first-order valence-electron chi connectivity index (χ1n) is 5.94. The number of ether oxygens (including phenoxy) is 1. The molecule has 2 aromatic rings. The van der Waals surface area contributed by atoms with Gasteiger partial charge in [-0.15, -0.1) is 0 Å². The average Bonchev–Trinajstić information content (AvgIpc) is 2.37. The Kier molecular flexibility index (Phi) is 3.71. The lowest BCUT2D eigenvalue weighted by molar-refractivity contribution is 0.0996. The Balaban J connectivity index is 2.22. The summed E-state index contributed by atoms with van der Waals surface area (Å²) >= 11 is 0. The van der Waals surface area contributed by atoms with Crippen LogP contribution in [-0.2, 0) is 6.61 Å². The van der Waals surface area contributed by atoms with E-state index in [0.717, 1.165) is 11.1 Å². The molecule has 0 aliphatic heterocycles. The van der Waals surface area contributed by atoms with Crippen molar-refractivity contribution in [1.29, 1.82) is 0 Å². The van der Waals surface area contributed by atoms with Crippen LogP contribution in [0.4, 0.5) is 5.69 Å². The lowest BCUT2D eigenvalue weighted by atomic mass is 10.1. The molecular weight excluding hydrogens is 240 g/mol. The van der Waals surface area contributed by atoms with Gasteiger partial charge >= 0.3 is 0 Å². The van der Waals surface area contributed by atoms with Crippen molar-refractivity contribution in [1.82, 2.24) is 0 Å². The first-order chi connectivity index (χ1) is 9.08. The van der Waals surface area contributed by atoms with Crippen LogP contribution in [0.3, 0.4) is 0 Å². The van der Waals surface area contributed by atoms with Crippen LogP contribution in [0.2, 0.25) is 0 Å². The molecular formula is C15H16N2O2. The first kappa shape index (κ1) is 13.0. The number of nitrogens with two attached hydrogens (primary N) is 2. The molecule has 2 aromatic carbocycles. The smallest absolute Gasteiger partial charge is 0.252 e. The third-order valence-corrected chi connectivity index (χ3v) is 2.78. The minimum Gasteiger partial charge on any atom is -0.486 e. The van der Waals surface area contributed by atoms with Gasteiger partial charge in [-0.3, -0.25) is 4.79 Å². The van der Waals surface area contributed by atoms with E-state index in [9.17, 15) is 4.79 Å². The molecule has 0 spiro atoms. The summed E-state index contributed by atoms with van der Waals surface area (Å²) < 4.78 is 5.64. The third kappa shape index (κ3) is 3.04.